The molecule has 1 fully saturated rings. The molecule has 1 aromatic rings. The molecule has 22 heavy (non-hydrogen) atoms. The van der Waals surface area contributed by atoms with Crippen LogP contribution in [0.3, 0.4) is 0 Å². The smallest absolute Gasteiger partial charge is 0.402 e. The van der Waals surface area contributed by atoms with Gasteiger partial charge < -0.3 is 15.0 Å². The summed E-state index contributed by atoms with van der Waals surface area (Å²) < 4.78 is 48.7. The van der Waals surface area contributed by atoms with Crippen molar-refractivity contribution in [2.24, 2.45) is 5.73 Å². The molecule has 1 heterocycles. The Kier molecular flexibility index (Phi) is 4.61. The summed E-state index contributed by atoms with van der Waals surface area (Å²) in [6, 6.07) is 5.95. The summed E-state index contributed by atoms with van der Waals surface area (Å²) in [5.41, 5.74) is 1.52. The zero-order valence-electron chi connectivity index (χ0n) is 12.9. The van der Waals surface area contributed by atoms with E-state index in [0.717, 1.165) is 0 Å². The van der Waals surface area contributed by atoms with Gasteiger partial charge in [-0.2, -0.15) is 13.2 Å². The van der Waals surface area contributed by atoms with Crippen LogP contribution in [0.15, 0.2) is 29.2 Å². The van der Waals surface area contributed by atoms with Crippen LogP contribution >= 0.6 is 11.8 Å². The molecular weight excluding hydrogens is 314 g/mol. The monoisotopic (exact) mass is 333 g/mol. The Hall–Kier alpha value is -0.695. The summed E-state index contributed by atoms with van der Waals surface area (Å²) in [5, 5.41) is 0. The lowest BCUT2D eigenvalue weighted by atomic mass is 9.75. The van der Waals surface area contributed by atoms with Crippen molar-refractivity contribution in [3.8, 4) is 0 Å². The summed E-state index contributed by atoms with van der Waals surface area (Å²) in [5.74, 6) is -0.564. The molecule has 1 atom stereocenters. The van der Waals surface area contributed by atoms with E-state index in [1.807, 2.05) is 27.7 Å². The number of hydrogen-bond acceptors (Lipinski definition) is 4. The van der Waals surface area contributed by atoms with Crippen LogP contribution in [0.5, 0.6) is 0 Å². The van der Waals surface area contributed by atoms with Gasteiger partial charge in [0, 0.05) is 4.90 Å². The third kappa shape index (κ3) is 3.79. The Morgan fingerprint density at radius 1 is 1.05 bits per heavy atom. The van der Waals surface area contributed by atoms with E-state index in [0.29, 0.717) is 5.56 Å². The fraction of sp³-hybridized carbons (Fsp3) is 0.571. The highest BCUT2D eigenvalue weighted by molar-refractivity contribution is 8.00. The van der Waals surface area contributed by atoms with Gasteiger partial charge in [0.1, 0.15) is 0 Å². The van der Waals surface area contributed by atoms with Gasteiger partial charge in [-0.15, -0.1) is 0 Å². The van der Waals surface area contributed by atoms with E-state index in [9.17, 15) is 13.2 Å². The summed E-state index contributed by atoms with van der Waals surface area (Å²) in [4.78, 5) is 0.123. The molecule has 1 aliphatic rings. The number of alkyl halides is 3. The molecule has 1 saturated heterocycles. The van der Waals surface area contributed by atoms with Gasteiger partial charge in [-0.25, -0.2) is 0 Å². The minimum absolute atomic E-state index is 0.123. The van der Waals surface area contributed by atoms with E-state index in [4.69, 9.17) is 15.0 Å². The molecule has 8 heteroatoms. The van der Waals surface area contributed by atoms with Crippen LogP contribution in [0.1, 0.15) is 39.2 Å². The molecule has 2 rings (SSSR count). The van der Waals surface area contributed by atoms with Gasteiger partial charge in [0.05, 0.1) is 17.1 Å². The lowest BCUT2D eigenvalue weighted by Gasteiger charge is -2.32. The van der Waals surface area contributed by atoms with E-state index in [1.165, 1.54) is 12.1 Å². The first-order chi connectivity index (χ1) is 9.91. The van der Waals surface area contributed by atoms with E-state index in [-0.39, 0.29) is 16.7 Å². The predicted octanol–water partition coefficient (Wildman–Crippen LogP) is 3.93. The van der Waals surface area contributed by atoms with Crippen molar-refractivity contribution in [1.82, 2.24) is 0 Å². The fourth-order valence-corrected chi connectivity index (χ4v) is 2.62. The van der Waals surface area contributed by atoms with Crippen molar-refractivity contribution in [3.63, 3.8) is 0 Å². The number of halogens is 3. The van der Waals surface area contributed by atoms with Crippen molar-refractivity contribution < 1.29 is 22.5 Å². The van der Waals surface area contributed by atoms with Crippen molar-refractivity contribution in [2.75, 3.05) is 0 Å². The van der Waals surface area contributed by atoms with Gasteiger partial charge in [-0.3, -0.25) is 0 Å². The van der Waals surface area contributed by atoms with Crippen LogP contribution in [-0.4, -0.2) is 23.8 Å². The minimum Gasteiger partial charge on any atom is -0.402 e. The molecule has 1 aliphatic heterocycles. The summed E-state index contributed by atoms with van der Waals surface area (Å²) in [6.45, 7) is 7.68. The predicted molar refractivity (Wildman–Crippen MR) is 81.4 cm³/mol. The summed E-state index contributed by atoms with van der Waals surface area (Å²) in [7, 11) is -0.633. The fourth-order valence-electron chi connectivity index (χ4n) is 2.08. The van der Waals surface area contributed by atoms with Crippen LogP contribution in [0.2, 0.25) is 0 Å². The van der Waals surface area contributed by atoms with Gasteiger partial charge in [-0.05, 0) is 57.2 Å². The molecule has 0 radical (unpaired) electrons. The molecule has 0 saturated carbocycles. The number of hydrogen-bond donors (Lipinski definition) is 1. The zero-order valence-corrected chi connectivity index (χ0v) is 13.7. The summed E-state index contributed by atoms with van der Waals surface area (Å²) >= 11 is -0.150. The van der Waals surface area contributed by atoms with Gasteiger partial charge in [0.2, 0.25) is 0 Å². The second-order valence-corrected chi connectivity index (χ2v) is 7.41. The van der Waals surface area contributed by atoms with Gasteiger partial charge in [-0.1, -0.05) is 12.1 Å². The lowest BCUT2D eigenvalue weighted by molar-refractivity contribution is -0.0328. The maximum atomic E-state index is 12.3. The topological polar surface area (TPSA) is 44.5 Å². The second kappa shape index (κ2) is 5.74. The van der Waals surface area contributed by atoms with Gasteiger partial charge >= 0.3 is 12.6 Å². The van der Waals surface area contributed by atoms with Crippen LogP contribution < -0.4 is 5.73 Å². The lowest BCUT2D eigenvalue weighted by Crippen LogP contribution is -2.41. The Labute approximate surface area is 132 Å². The first-order valence-corrected chi connectivity index (χ1v) is 7.70. The zero-order chi connectivity index (χ0) is 16.8. The molecule has 0 spiro atoms. The maximum absolute atomic E-state index is 12.3. The highest BCUT2D eigenvalue weighted by Gasteiger charge is 2.53. The van der Waals surface area contributed by atoms with E-state index < -0.39 is 29.8 Å². The highest BCUT2D eigenvalue weighted by atomic mass is 32.2. The van der Waals surface area contributed by atoms with E-state index in [1.54, 1.807) is 12.1 Å². The Balaban J connectivity index is 2.10. The average Bonchev–Trinajstić information content (AvgIpc) is 2.56. The number of nitrogens with two attached hydrogens (primary N) is 1. The van der Waals surface area contributed by atoms with Crippen molar-refractivity contribution in [3.05, 3.63) is 29.8 Å². The van der Waals surface area contributed by atoms with Crippen LogP contribution in [0, 0.1) is 0 Å². The minimum atomic E-state index is -4.30. The van der Waals surface area contributed by atoms with Crippen LogP contribution in [0.4, 0.5) is 13.2 Å². The summed E-state index contributed by atoms with van der Waals surface area (Å²) in [6.07, 6.45) is 0. The maximum Gasteiger partial charge on any atom is 0.480 e. The largest absolute Gasteiger partial charge is 0.480 e. The highest BCUT2D eigenvalue weighted by Crippen LogP contribution is 2.40. The van der Waals surface area contributed by atoms with Crippen molar-refractivity contribution in [2.45, 2.75) is 55.2 Å². The normalized spacial score (nSPS) is 21.9. The quantitative estimate of drug-likeness (QED) is 0.672. The van der Waals surface area contributed by atoms with Crippen LogP contribution in [-0.2, 0) is 9.31 Å². The molecule has 0 aromatic heterocycles. The van der Waals surface area contributed by atoms with E-state index in [2.05, 4.69) is 0 Å². The Morgan fingerprint density at radius 2 is 1.50 bits per heavy atom. The Morgan fingerprint density at radius 3 is 1.91 bits per heavy atom. The van der Waals surface area contributed by atoms with E-state index >= 15 is 0 Å². The molecule has 0 aliphatic carbocycles. The molecular formula is C14H19BF3NO2S. The van der Waals surface area contributed by atoms with Crippen LogP contribution in [0.25, 0.3) is 0 Å². The molecule has 122 valence electrons. The SMILES string of the molecule is CC1(C)OB([C@H](N)c2ccc(SC(F)(F)F)cc2)OC1(C)C. The Bertz CT molecular complexity index is 518. The number of rotatable bonds is 3. The number of benzene rings is 1. The molecule has 3 nitrogen and oxygen atoms in total. The third-order valence-electron chi connectivity index (χ3n) is 4.06. The number of thioether (sulfide) groups is 1. The standard InChI is InChI=1S/C14H19BF3NO2S/c1-12(2)13(3,4)21-15(20-12)11(19)9-5-7-10(8-6-9)22-14(16,17)18/h5-8,11H,19H2,1-4H3/t11-/m1/s1. The van der Waals surface area contributed by atoms with Crippen molar-refractivity contribution in [1.29, 1.82) is 0 Å². The van der Waals surface area contributed by atoms with Gasteiger partial charge in [0.15, 0.2) is 0 Å². The molecule has 2 N–H and O–H groups in total. The van der Waals surface area contributed by atoms with Crippen molar-refractivity contribution >= 4 is 18.9 Å². The molecule has 0 amide bonds. The van der Waals surface area contributed by atoms with Gasteiger partial charge in [0.25, 0.3) is 0 Å². The average molecular weight is 333 g/mol. The third-order valence-corrected chi connectivity index (χ3v) is 4.80. The molecule has 0 unspecified atom stereocenters. The first kappa shape index (κ1) is 17.7. The first-order valence-electron chi connectivity index (χ1n) is 6.88. The molecule has 0 bridgehead atoms. The second-order valence-electron chi connectivity index (χ2n) is 6.27. The molecule has 1 aromatic carbocycles.